The van der Waals surface area contributed by atoms with Crippen molar-refractivity contribution >= 4 is 21.8 Å². The fraction of sp³-hybridized carbons (Fsp3) is 0.500. The zero-order valence-electron chi connectivity index (χ0n) is 11.5. The standard InChI is InChI=1S/C14H20BrFN2O/c1-4-18(5-2)14(19)9-17-10(3)11-6-7-13(16)12(15)8-11/h6-8,10,17H,4-5,9H2,1-3H3. The van der Waals surface area contributed by atoms with E-state index in [1.165, 1.54) is 6.07 Å². The van der Waals surface area contributed by atoms with Crippen molar-refractivity contribution in [2.75, 3.05) is 19.6 Å². The highest BCUT2D eigenvalue weighted by Gasteiger charge is 2.12. The molecule has 106 valence electrons. The van der Waals surface area contributed by atoms with Gasteiger partial charge < -0.3 is 10.2 Å². The maximum absolute atomic E-state index is 13.1. The van der Waals surface area contributed by atoms with Crippen molar-refractivity contribution in [2.45, 2.75) is 26.8 Å². The lowest BCUT2D eigenvalue weighted by molar-refractivity contribution is -0.129. The van der Waals surface area contributed by atoms with Gasteiger partial charge in [-0.3, -0.25) is 4.79 Å². The molecule has 1 unspecified atom stereocenters. The first-order valence-electron chi connectivity index (χ1n) is 6.45. The Labute approximate surface area is 122 Å². The molecule has 1 amide bonds. The van der Waals surface area contributed by atoms with Crippen LogP contribution in [-0.4, -0.2) is 30.4 Å². The largest absolute Gasteiger partial charge is 0.342 e. The molecule has 0 heterocycles. The zero-order valence-corrected chi connectivity index (χ0v) is 13.1. The summed E-state index contributed by atoms with van der Waals surface area (Å²) >= 11 is 3.16. The third-order valence-corrected chi connectivity index (χ3v) is 3.73. The molecule has 0 aliphatic rings. The average molecular weight is 331 g/mol. The normalized spacial score (nSPS) is 12.3. The van der Waals surface area contributed by atoms with Crippen LogP contribution < -0.4 is 5.32 Å². The summed E-state index contributed by atoms with van der Waals surface area (Å²) in [5.41, 5.74) is 0.945. The summed E-state index contributed by atoms with van der Waals surface area (Å²) in [4.78, 5) is 13.6. The van der Waals surface area contributed by atoms with E-state index in [4.69, 9.17) is 0 Å². The van der Waals surface area contributed by atoms with E-state index in [2.05, 4.69) is 21.2 Å². The Morgan fingerprint density at radius 1 is 1.42 bits per heavy atom. The molecule has 1 aromatic carbocycles. The molecule has 0 aromatic heterocycles. The maximum Gasteiger partial charge on any atom is 0.236 e. The van der Waals surface area contributed by atoms with Gasteiger partial charge in [0, 0.05) is 19.1 Å². The highest BCUT2D eigenvalue weighted by atomic mass is 79.9. The van der Waals surface area contributed by atoms with Gasteiger partial charge >= 0.3 is 0 Å². The fourth-order valence-corrected chi connectivity index (χ4v) is 2.22. The van der Waals surface area contributed by atoms with Crippen LogP contribution in [0.5, 0.6) is 0 Å². The van der Waals surface area contributed by atoms with Gasteiger partial charge in [0.25, 0.3) is 0 Å². The van der Waals surface area contributed by atoms with Gasteiger partial charge in [0.15, 0.2) is 0 Å². The molecule has 19 heavy (non-hydrogen) atoms. The van der Waals surface area contributed by atoms with E-state index in [0.29, 0.717) is 17.6 Å². The van der Waals surface area contributed by atoms with Crippen LogP contribution in [0.1, 0.15) is 32.4 Å². The second-order valence-corrected chi connectivity index (χ2v) is 5.20. The van der Waals surface area contributed by atoms with E-state index < -0.39 is 0 Å². The Hall–Kier alpha value is -0.940. The summed E-state index contributed by atoms with van der Waals surface area (Å²) in [6.07, 6.45) is 0. The topological polar surface area (TPSA) is 32.3 Å². The lowest BCUT2D eigenvalue weighted by Gasteiger charge is -2.21. The van der Waals surface area contributed by atoms with Crippen LogP contribution in [0.15, 0.2) is 22.7 Å². The number of halogens is 2. The summed E-state index contributed by atoms with van der Waals surface area (Å²) in [7, 11) is 0. The number of rotatable bonds is 6. The first-order chi connectivity index (χ1) is 8.99. The lowest BCUT2D eigenvalue weighted by atomic mass is 10.1. The fourth-order valence-electron chi connectivity index (χ4n) is 1.83. The van der Waals surface area contributed by atoms with Gasteiger partial charge in [-0.2, -0.15) is 0 Å². The number of hydrogen-bond acceptors (Lipinski definition) is 2. The van der Waals surface area contributed by atoms with Gasteiger partial charge in [0.1, 0.15) is 5.82 Å². The summed E-state index contributed by atoms with van der Waals surface area (Å²) in [5, 5.41) is 3.16. The molecular formula is C14H20BrFN2O. The van der Waals surface area contributed by atoms with Crippen molar-refractivity contribution in [3.63, 3.8) is 0 Å². The Kier molecular flexibility index (Phi) is 6.45. The Balaban J connectivity index is 2.57. The van der Waals surface area contributed by atoms with Gasteiger partial charge in [-0.1, -0.05) is 6.07 Å². The molecule has 0 bridgehead atoms. The highest BCUT2D eigenvalue weighted by molar-refractivity contribution is 9.10. The summed E-state index contributed by atoms with van der Waals surface area (Å²) in [6, 6.07) is 4.87. The van der Waals surface area contributed by atoms with E-state index in [1.54, 1.807) is 17.0 Å². The molecule has 0 aliphatic heterocycles. The van der Waals surface area contributed by atoms with Crippen molar-refractivity contribution in [1.29, 1.82) is 0 Å². The van der Waals surface area contributed by atoms with Crippen LogP contribution in [0.4, 0.5) is 4.39 Å². The number of hydrogen-bond donors (Lipinski definition) is 1. The molecule has 0 aliphatic carbocycles. The predicted octanol–water partition coefficient (Wildman–Crippen LogP) is 3.11. The SMILES string of the molecule is CCN(CC)C(=O)CNC(C)c1ccc(F)c(Br)c1. The second kappa shape index (κ2) is 7.60. The van der Waals surface area contributed by atoms with Crippen LogP contribution in [0.2, 0.25) is 0 Å². The molecule has 5 heteroatoms. The molecule has 0 saturated carbocycles. The molecule has 1 atom stereocenters. The van der Waals surface area contributed by atoms with Crippen LogP contribution >= 0.6 is 15.9 Å². The van der Waals surface area contributed by atoms with Crippen LogP contribution in [-0.2, 0) is 4.79 Å². The number of carbonyl (C=O) groups is 1. The molecule has 1 rings (SSSR count). The van der Waals surface area contributed by atoms with E-state index >= 15 is 0 Å². The smallest absolute Gasteiger partial charge is 0.236 e. The van der Waals surface area contributed by atoms with Crippen LogP contribution in [0.25, 0.3) is 0 Å². The third kappa shape index (κ3) is 4.58. The number of benzene rings is 1. The average Bonchev–Trinajstić information content (AvgIpc) is 2.40. The van der Waals surface area contributed by atoms with E-state index in [1.807, 2.05) is 20.8 Å². The van der Waals surface area contributed by atoms with Crippen molar-refractivity contribution in [1.82, 2.24) is 10.2 Å². The highest BCUT2D eigenvalue weighted by Crippen LogP contribution is 2.21. The summed E-state index contributed by atoms with van der Waals surface area (Å²) in [5.74, 6) is -0.201. The number of nitrogens with one attached hydrogen (secondary N) is 1. The van der Waals surface area contributed by atoms with Crippen molar-refractivity contribution in [2.24, 2.45) is 0 Å². The molecular weight excluding hydrogens is 311 g/mol. The monoisotopic (exact) mass is 330 g/mol. The minimum atomic E-state index is -0.282. The minimum absolute atomic E-state index is 0.00332. The van der Waals surface area contributed by atoms with E-state index in [0.717, 1.165) is 5.56 Å². The van der Waals surface area contributed by atoms with Gasteiger partial charge in [0.2, 0.25) is 5.91 Å². The number of nitrogens with zero attached hydrogens (tertiary/aromatic N) is 1. The zero-order chi connectivity index (χ0) is 14.4. The van der Waals surface area contributed by atoms with Crippen LogP contribution in [0.3, 0.4) is 0 Å². The molecule has 0 spiro atoms. The van der Waals surface area contributed by atoms with Crippen molar-refractivity contribution in [3.05, 3.63) is 34.1 Å². The Morgan fingerprint density at radius 2 is 2.05 bits per heavy atom. The first-order valence-corrected chi connectivity index (χ1v) is 7.25. The maximum atomic E-state index is 13.1. The van der Waals surface area contributed by atoms with E-state index in [-0.39, 0.29) is 24.3 Å². The Morgan fingerprint density at radius 3 is 2.58 bits per heavy atom. The second-order valence-electron chi connectivity index (χ2n) is 4.34. The summed E-state index contributed by atoms with van der Waals surface area (Å²) < 4.78 is 13.6. The predicted molar refractivity (Wildman–Crippen MR) is 78.4 cm³/mol. The molecule has 0 radical (unpaired) electrons. The molecule has 0 saturated heterocycles. The summed E-state index contributed by atoms with van der Waals surface area (Å²) in [6.45, 7) is 7.60. The quantitative estimate of drug-likeness (QED) is 0.869. The molecule has 1 aromatic rings. The molecule has 3 nitrogen and oxygen atoms in total. The number of likely N-dealkylation sites (N-methyl/N-ethyl adjacent to an activating group) is 1. The van der Waals surface area contributed by atoms with Gasteiger partial charge in [-0.05, 0) is 54.4 Å². The number of amides is 1. The Bertz CT molecular complexity index is 435. The minimum Gasteiger partial charge on any atom is -0.342 e. The van der Waals surface area contributed by atoms with Crippen molar-refractivity contribution in [3.8, 4) is 0 Å². The van der Waals surface area contributed by atoms with Gasteiger partial charge in [0.05, 0.1) is 11.0 Å². The number of carbonyl (C=O) groups excluding carboxylic acids is 1. The van der Waals surface area contributed by atoms with Gasteiger partial charge in [-0.25, -0.2) is 4.39 Å². The molecule has 0 fully saturated rings. The first kappa shape index (κ1) is 16.1. The van der Waals surface area contributed by atoms with E-state index in [9.17, 15) is 9.18 Å². The van der Waals surface area contributed by atoms with Crippen molar-refractivity contribution < 1.29 is 9.18 Å². The molecule has 1 N–H and O–H groups in total. The van der Waals surface area contributed by atoms with Gasteiger partial charge in [-0.15, -0.1) is 0 Å². The van der Waals surface area contributed by atoms with Crippen LogP contribution in [0, 0.1) is 5.82 Å². The lowest BCUT2D eigenvalue weighted by Crippen LogP contribution is -2.38. The third-order valence-electron chi connectivity index (χ3n) is 3.12.